The fourth-order valence-corrected chi connectivity index (χ4v) is 5.30. The molecule has 1 unspecified atom stereocenters. The van der Waals surface area contributed by atoms with Gasteiger partial charge in [-0.05, 0) is 55.2 Å². The van der Waals surface area contributed by atoms with E-state index in [2.05, 4.69) is 0 Å². The Bertz CT molecular complexity index is 691. The molecule has 1 aliphatic heterocycles. The Hall–Kier alpha value is -1.95. The summed E-state index contributed by atoms with van der Waals surface area (Å²) >= 11 is 1.68. The number of benzene rings is 1. The van der Waals surface area contributed by atoms with Gasteiger partial charge in [0.2, 0.25) is 0 Å². The first-order chi connectivity index (χ1) is 12.0. The molecule has 0 aromatic heterocycles. The fraction of sp³-hybridized carbons (Fsp3) is 0.474. The van der Waals surface area contributed by atoms with Gasteiger partial charge in [-0.15, -0.1) is 11.8 Å². The van der Waals surface area contributed by atoms with E-state index in [9.17, 15) is 4.79 Å². The minimum absolute atomic E-state index is 0.234. The van der Waals surface area contributed by atoms with Crippen LogP contribution < -0.4 is 11.5 Å². The third-order valence-electron chi connectivity index (χ3n) is 5.41. The van der Waals surface area contributed by atoms with Crippen molar-refractivity contribution in [2.45, 2.75) is 32.1 Å². The van der Waals surface area contributed by atoms with Gasteiger partial charge in [0.05, 0.1) is 16.3 Å². The molecule has 6 N–H and O–H groups in total. The molecule has 2 fully saturated rings. The summed E-state index contributed by atoms with van der Waals surface area (Å²) in [6, 6.07) is 7.45. The molecule has 1 saturated heterocycles. The number of aliphatic carboxylic acids is 1. The minimum atomic E-state index is -0.700. The summed E-state index contributed by atoms with van der Waals surface area (Å²) in [5.41, 5.74) is 15.0. The highest BCUT2D eigenvalue weighted by Crippen LogP contribution is 2.44. The molecule has 25 heavy (non-hydrogen) atoms. The van der Waals surface area contributed by atoms with Crippen LogP contribution in [0.3, 0.4) is 0 Å². The van der Waals surface area contributed by atoms with E-state index in [-0.39, 0.29) is 12.3 Å². The van der Waals surface area contributed by atoms with Crippen molar-refractivity contribution in [2.75, 3.05) is 11.5 Å². The predicted molar refractivity (Wildman–Crippen MR) is 103 cm³/mol. The Morgan fingerprint density at radius 2 is 1.84 bits per heavy atom. The van der Waals surface area contributed by atoms with Crippen molar-refractivity contribution < 1.29 is 9.90 Å². The SMILES string of the molecule is N=C1/C(=C(\N)c2ccc(N)cc2)SCC1C1CCC(CC(=O)O)CC1. The molecule has 1 saturated carbocycles. The molecule has 0 amide bonds. The van der Waals surface area contributed by atoms with Crippen LogP contribution in [0.25, 0.3) is 5.70 Å². The lowest BCUT2D eigenvalue weighted by atomic mass is 9.74. The lowest BCUT2D eigenvalue weighted by molar-refractivity contribution is -0.138. The molecule has 0 radical (unpaired) electrons. The normalized spacial score (nSPS) is 28.8. The highest BCUT2D eigenvalue weighted by molar-refractivity contribution is 8.04. The number of carboxylic acids is 1. The zero-order valence-corrected chi connectivity index (χ0v) is 15.0. The van der Waals surface area contributed by atoms with E-state index in [4.69, 9.17) is 22.0 Å². The zero-order chi connectivity index (χ0) is 18.0. The van der Waals surface area contributed by atoms with Crippen LogP contribution in [0, 0.1) is 23.2 Å². The molecule has 134 valence electrons. The maximum absolute atomic E-state index is 10.9. The van der Waals surface area contributed by atoms with Gasteiger partial charge in [-0.1, -0.05) is 12.1 Å². The van der Waals surface area contributed by atoms with Crippen LogP contribution in [0.1, 0.15) is 37.7 Å². The minimum Gasteiger partial charge on any atom is -0.481 e. The van der Waals surface area contributed by atoms with Crippen LogP contribution in [0.4, 0.5) is 5.69 Å². The Kier molecular flexibility index (Phi) is 5.37. The van der Waals surface area contributed by atoms with Gasteiger partial charge in [0.15, 0.2) is 0 Å². The Morgan fingerprint density at radius 1 is 1.20 bits per heavy atom. The van der Waals surface area contributed by atoms with E-state index in [0.29, 0.717) is 28.9 Å². The average Bonchev–Trinajstić information content (AvgIpc) is 2.97. The van der Waals surface area contributed by atoms with E-state index >= 15 is 0 Å². The summed E-state index contributed by atoms with van der Waals surface area (Å²) in [4.78, 5) is 11.8. The van der Waals surface area contributed by atoms with E-state index in [1.807, 2.05) is 24.3 Å². The molecule has 5 nitrogen and oxygen atoms in total. The molecule has 1 heterocycles. The molecule has 1 aromatic carbocycles. The predicted octanol–water partition coefficient (Wildman–Crippen LogP) is 3.56. The Balaban J connectivity index is 1.67. The molecular formula is C19H25N3O2S. The van der Waals surface area contributed by atoms with Gasteiger partial charge >= 0.3 is 5.97 Å². The van der Waals surface area contributed by atoms with Crippen LogP contribution in [0.2, 0.25) is 0 Å². The number of nitrogens with one attached hydrogen (secondary N) is 1. The summed E-state index contributed by atoms with van der Waals surface area (Å²) in [5, 5.41) is 17.5. The van der Waals surface area contributed by atoms with Crippen molar-refractivity contribution in [3.05, 3.63) is 34.7 Å². The monoisotopic (exact) mass is 359 g/mol. The molecule has 1 atom stereocenters. The van der Waals surface area contributed by atoms with Gasteiger partial charge in [0.25, 0.3) is 0 Å². The lowest BCUT2D eigenvalue weighted by Gasteiger charge is -2.31. The molecule has 1 aromatic rings. The van der Waals surface area contributed by atoms with Gasteiger partial charge in [-0.3, -0.25) is 4.79 Å². The summed E-state index contributed by atoms with van der Waals surface area (Å²) in [6.07, 6.45) is 4.22. The molecule has 2 aliphatic rings. The van der Waals surface area contributed by atoms with Crippen LogP contribution in [-0.2, 0) is 4.79 Å². The molecule has 0 bridgehead atoms. The first-order valence-corrected chi connectivity index (χ1v) is 9.73. The number of rotatable bonds is 4. The fourth-order valence-electron chi connectivity index (χ4n) is 3.93. The summed E-state index contributed by atoms with van der Waals surface area (Å²) in [6.45, 7) is 0. The van der Waals surface area contributed by atoms with Crippen LogP contribution in [-0.4, -0.2) is 22.5 Å². The van der Waals surface area contributed by atoms with Crippen molar-refractivity contribution >= 4 is 34.8 Å². The van der Waals surface area contributed by atoms with Crippen LogP contribution in [0.5, 0.6) is 0 Å². The number of allylic oxidation sites excluding steroid dienone is 1. The highest BCUT2D eigenvalue weighted by atomic mass is 32.2. The number of thioether (sulfide) groups is 1. The largest absolute Gasteiger partial charge is 0.481 e. The van der Waals surface area contributed by atoms with Gasteiger partial charge in [-0.25, -0.2) is 0 Å². The van der Waals surface area contributed by atoms with E-state index in [1.54, 1.807) is 11.8 Å². The number of nitrogens with two attached hydrogens (primary N) is 2. The smallest absolute Gasteiger partial charge is 0.303 e. The molecular weight excluding hydrogens is 334 g/mol. The number of nitrogen functional groups attached to an aromatic ring is 1. The van der Waals surface area contributed by atoms with Crippen molar-refractivity contribution in [2.24, 2.45) is 23.5 Å². The van der Waals surface area contributed by atoms with Gasteiger partial charge in [0.1, 0.15) is 0 Å². The maximum atomic E-state index is 10.9. The maximum Gasteiger partial charge on any atom is 0.303 e. The number of carbonyl (C=O) groups is 1. The highest BCUT2D eigenvalue weighted by Gasteiger charge is 2.36. The molecule has 1 aliphatic carbocycles. The molecule has 6 heteroatoms. The number of anilines is 1. The summed E-state index contributed by atoms with van der Waals surface area (Å²) in [7, 11) is 0. The third kappa shape index (κ3) is 4.00. The molecule has 3 rings (SSSR count). The Morgan fingerprint density at radius 3 is 2.44 bits per heavy atom. The van der Waals surface area contributed by atoms with Crippen LogP contribution >= 0.6 is 11.8 Å². The van der Waals surface area contributed by atoms with Gasteiger partial charge in [0, 0.05) is 23.8 Å². The molecule has 0 spiro atoms. The second kappa shape index (κ2) is 7.52. The summed E-state index contributed by atoms with van der Waals surface area (Å²) in [5.74, 6) is 1.21. The van der Waals surface area contributed by atoms with E-state index < -0.39 is 5.97 Å². The van der Waals surface area contributed by atoms with Gasteiger partial charge < -0.3 is 22.0 Å². The van der Waals surface area contributed by atoms with Crippen molar-refractivity contribution in [1.82, 2.24) is 0 Å². The standard InChI is InChI=1S/C19H25N3O2S/c20-14-7-5-13(6-8-14)17(21)19-18(22)15(10-25-19)12-3-1-11(2-4-12)9-16(23)24/h5-8,11-12,15,22H,1-4,9-10,20-21H2,(H,23,24)/b19-17+,22-18?. The third-order valence-corrected chi connectivity index (χ3v) is 6.67. The first-order valence-electron chi connectivity index (χ1n) is 8.74. The second-order valence-corrected chi connectivity index (χ2v) is 8.10. The summed E-state index contributed by atoms with van der Waals surface area (Å²) < 4.78 is 0. The van der Waals surface area contributed by atoms with Crippen molar-refractivity contribution in [3.8, 4) is 0 Å². The number of carboxylic acid groups (broad SMARTS) is 1. The van der Waals surface area contributed by atoms with Crippen molar-refractivity contribution in [1.29, 1.82) is 5.41 Å². The van der Waals surface area contributed by atoms with Gasteiger partial charge in [-0.2, -0.15) is 0 Å². The van der Waals surface area contributed by atoms with E-state index in [0.717, 1.165) is 41.9 Å². The topological polar surface area (TPSA) is 113 Å². The lowest BCUT2D eigenvalue weighted by Crippen LogP contribution is -2.27. The van der Waals surface area contributed by atoms with Crippen LogP contribution in [0.15, 0.2) is 29.2 Å². The Labute approximate surface area is 152 Å². The number of hydrogen-bond acceptors (Lipinski definition) is 5. The number of hydrogen-bond donors (Lipinski definition) is 4. The zero-order valence-electron chi connectivity index (χ0n) is 14.2. The second-order valence-electron chi connectivity index (χ2n) is 7.07. The van der Waals surface area contributed by atoms with E-state index in [1.165, 1.54) is 0 Å². The quantitative estimate of drug-likeness (QED) is 0.614. The average molecular weight is 359 g/mol. The van der Waals surface area contributed by atoms with Crippen molar-refractivity contribution in [3.63, 3.8) is 0 Å². The first kappa shape index (κ1) is 17.9.